The van der Waals surface area contributed by atoms with Crippen LogP contribution in [0.5, 0.6) is 0 Å². The molecule has 0 amide bonds. The van der Waals surface area contributed by atoms with Crippen LogP contribution < -0.4 is 0 Å². The highest BCUT2D eigenvalue weighted by Gasteiger charge is 2.37. The average Bonchev–Trinajstić information content (AvgIpc) is 2.49. The van der Waals surface area contributed by atoms with Gasteiger partial charge in [0, 0.05) is 17.4 Å². The third kappa shape index (κ3) is 4.92. The SMILES string of the molecule is C=C1C[C@@H](O)/C=C(/C)CC[C@@H]2C(=C/C=C/C(C)(C)O)C(=O)OC[C@@H]12. The first kappa shape index (κ1) is 18.7. The van der Waals surface area contributed by atoms with Crippen molar-refractivity contribution in [2.45, 2.75) is 51.7 Å². The van der Waals surface area contributed by atoms with Gasteiger partial charge in [0.1, 0.15) is 0 Å². The summed E-state index contributed by atoms with van der Waals surface area (Å²) in [6.07, 6.45) is 8.59. The summed E-state index contributed by atoms with van der Waals surface area (Å²) in [6.45, 7) is 9.82. The Morgan fingerprint density at radius 2 is 2.08 bits per heavy atom. The second-order valence-electron chi connectivity index (χ2n) is 7.43. The summed E-state index contributed by atoms with van der Waals surface area (Å²) < 4.78 is 5.35. The van der Waals surface area contributed by atoms with Crippen molar-refractivity contribution in [1.29, 1.82) is 0 Å². The molecule has 0 aromatic carbocycles. The zero-order valence-corrected chi connectivity index (χ0v) is 14.8. The van der Waals surface area contributed by atoms with Crippen LogP contribution in [0.1, 0.15) is 40.0 Å². The number of hydrogen-bond acceptors (Lipinski definition) is 4. The maximum absolute atomic E-state index is 12.3. The summed E-state index contributed by atoms with van der Waals surface area (Å²) in [4.78, 5) is 12.3. The van der Waals surface area contributed by atoms with E-state index in [1.807, 2.05) is 13.0 Å². The van der Waals surface area contributed by atoms with Crippen LogP contribution in [0.2, 0.25) is 0 Å². The number of cyclic esters (lactones) is 1. The van der Waals surface area contributed by atoms with Crippen molar-refractivity contribution in [3.63, 3.8) is 0 Å². The molecule has 0 radical (unpaired) electrons. The monoisotopic (exact) mass is 332 g/mol. The van der Waals surface area contributed by atoms with Gasteiger partial charge in [-0.15, -0.1) is 0 Å². The molecule has 1 fully saturated rings. The highest BCUT2D eigenvalue weighted by molar-refractivity contribution is 5.90. The van der Waals surface area contributed by atoms with Crippen LogP contribution in [-0.2, 0) is 9.53 Å². The highest BCUT2D eigenvalue weighted by atomic mass is 16.5. The van der Waals surface area contributed by atoms with Gasteiger partial charge in [-0.1, -0.05) is 42.0 Å². The molecule has 0 spiro atoms. The molecule has 0 aromatic heterocycles. The number of aliphatic hydroxyl groups excluding tert-OH is 1. The molecule has 2 rings (SSSR count). The Labute approximate surface area is 144 Å². The lowest BCUT2D eigenvalue weighted by molar-refractivity contribution is -0.144. The number of ether oxygens (including phenoxy) is 1. The van der Waals surface area contributed by atoms with E-state index in [2.05, 4.69) is 6.58 Å². The van der Waals surface area contributed by atoms with Gasteiger partial charge in [-0.2, -0.15) is 0 Å². The van der Waals surface area contributed by atoms with Gasteiger partial charge in [0.15, 0.2) is 0 Å². The van der Waals surface area contributed by atoms with Crippen molar-refractivity contribution in [2.75, 3.05) is 6.61 Å². The minimum absolute atomic E-state index is 0.0263. The van der Waals surface area contributed by atoms with Crippen molar-refractivity contribution < 1.29 is 19.7 Å². The Bertz CT molecular complexity index is 589. The second-order valence-corrected chi connectivity index (χ2v) is 7.43. The van der Waals surface area contributed by atoms with Gasteiger partial charge in [0.2, 0.25) is 0 Å². The van der Waals surface area contributed by atoms with Crippen LogP contribution in [0, 0.1) is 11.8 Å². The Morgan fingerprint density at radius 3 is 2.75 bits per heavy atom. The van der Waals surface area contributed by atoms with Crippen molar-refractivity contribution in [1.82, 2.24) is 0 Å². The van der Waals surface area contributed by atoms with Crippen molar-refractivity contribution in [3.05, 3.63) is 47.6 Å². The van der Waals surface area contributed by atoms with E-state index in [0.717, 1.165) is 24.0 Å². The van der Waals surface area contributed by atoms with Crippen LogP contribution in [0.15, 0.2) is 47.6 Å². The number of hydrogen-bond donors (Lipinski definition) is 2. The molecule has 1 saturated heterocycles. The summed E-state index contributed by atoms with van der Waals surface area (Å²) in [6, 6.07) is 0. The normalized spacial score (nSPS) is 33.3. The Morgan fingerprint density at radius 1 is 1.38 bits per heavy atom. The van der Waals surface area contributed by atoms with E-state index in [1.54, 1.807) is 32.1 Å². The maximum atomic E-state index is 12.3. The molecule has 0 aromatic rings. The number of esters is 1. The molecule has 2 N–H and O–H groups in total. The molecule has 1 heterocycles. The second kappa shape index (κ2) is 7.49. The molecular formula is C20H28O4. The molecule has 132 valence electrons. The fraction of sp³-hybridized carbons (Fsp3) is 0.550. The number of carbonyl (C=O) groups excluding carboxylic acids is 1. The topological polar surface area (TPSA) is 66.8 Å². The average molecular weight is 332 g/mol. The Kier molecular flexibility index (Phi) is 5.83. The molecule has 1 aliphatic heterocycles. The van der Waals surface area contributed by atoms with Crippen LogP contribution in [0.3, 0.4) is 0 Å². The third-order valence-corrected chi connectivity index (χ3v) is 4.62. The molecule has 24 heavy (non-hydrogen) atoms. The number of aliphatic hydroxyl groups is 2. The Balaban J connectivity index is 2.32. The molecule has 0 unspecified atom stereocenters. The molecule has 0 bridgehead atoms. The molecule has 1 aliphatic carbocycles. The summed E-state index contributed by atoms with van der Waals surface area (Å²) in [5.41, 5.74) is 1.74. The predicted octanol–water partition coefficient (Wildman–Crippen LogP) is 3.08. The summed E-state index contributed by atoms with van der Waals surface area (Å²) >= 11 is 0. The minimum atomic E-state index is -0.930. The van der Waals surface area contributed by atoms with Crippen molar-refractivity contribution >= 4 is 5.97 Å². The largest absolute Gasteiger partial charge is 0.462 e. The maximum Gasteiger partial charge on any atom is 0.334 e. The molecule has 0 saturated carbocycles. The first-order valence-electron chi connectivity index (χ1n) is 8.49. The highest BCUT2D eigenvalue weighted by Crippen LogP contribution is 2.38. The van der Waals surface area contributed by atoms with Crippen molar-refractivity contribution in [2.24, 2.45) is 11.8 Å². The molecule has 3 atom stereocenters. The number of fused-ring (bicyclic) bond motifs is 1. The lowest BCUT2D eigenvalue weighted by Crippen LogP contribution is -2.34. The van der Waals surface area contributed by atoms with Crippen LogP contribution in [0.25, 0.3) is 0 Å². The van der Waals surface area contributed by atoms with Gasteiger partial charge in [-0.3, -0.25) is 0 Å². The fourth-order valence-corrected chi connectivity index (χ4v) is 3.34. The zero-order valence-electron chi connectivity index (χ0n) is 14.8. The van der Waals surface area contributed by atoms with Crippen LogP contribution in [0.4, 0.5) is 0 Å². The van der Waals surface area contributed by atoms with Gasteiger partial charge in [-0.25, -0.2) is 4.79 Å². The van der Waals surface area contributed by atoms with E-state index in [0.29, 0.717) is 18.6 Å². The summed E-state index contributed by atoms with van der Waals surface area (Å²) in [5, 5.41) is 19.9. The van der Waals surface area contributed by atoms with Gasteiger partial charge >= 0.3 is 5.97 Å². The molecular weight excluding hydrogens is 304 g/mol. The fourth-order valence-electron chi connectivity index (χ4n) is 3.34. The van der Waals surface area contributed by atoms with E-state index in [4.69, 9.17) is 4.74 Å². The molecule has 4 nitrogen and oxygen atoms in total. The van der Waals surface area contributed by atoms with Gasteiger partial charge < -0.3 is 14.9 Å². The lowest BCUT2D eigenvalue weighted by atomic mass is 9.76. The first-order chi connectivity index (χ1) is 11.2. The van der Waals surface area contributed by atoms with E-state index < -0.39 is 11.7 Å². The molecule has 2 aliphatic rings. The van der Waals surface area contributed by atoms with Gasteiger partial charge in [0.25, 0.3) is 0 Å². The number of carbonyl (C=O) groups is 1. The number of allylic oxidation sites excluding steroid dienone is 3. The molecule has 4 heteroatoms. The zero-order chi connectivity index (χ0) is 17.9. The van der Waals surface area contributed by atoms with Crippen molar-refractivity contribution in [3.8, 4) is 0 Å². The van der Waals surface area contributed by atoms with Crippen LogP contribution >= 0.6 is 0 Å². The van der Waals surface area contributed by atoms with Gasteiger partial charge in [0.05, 0.1) is 18.3 Å². The van der Waals surface area contributed by atoms with E-state index >= 15 is 0 Å². The minimum Gasteiger partial charge on any atom is -0.462 e. The standard InChI is InChI=1S/C20H28O4/c1-13-7-8-16-17(6-5-9-20(3,4)23)19(22)24-12-18(16)14(2)11-15(21)10-13/h5-6,9-10,15-16,18,21,23H,2,7-8,11-12H2,1,3-4H3/b9-5+,13-10-,17-6?/t15-,16+,18-/m0/s1. The predicted molar refractivity (Wildman–Crippen MR) is 94.2 cm³/mol. The summed E-state index contributed by atoms with van der Waals surface area (Å²) in [5.74, 6) is -0.247. The number of rotatable bonds is 2. The third-order valence-electron chi connectivity index (χ3n) is 4.62. The lowest BCUT2D eigenvalue weighted by Gasteiger charge is -2.34. The Hall–Kier alpha value is -1.65. The van der Waals surface area contributed by atoms with Gasteiger partial charge in [-0.05, 0) is 40.0 Å². The van der Waals surface area contributed by atoms with E-state index in [9.17, 15) is 15.0 Å². The quantitative estimate of drug-likeness (QED) is 0.463. The van der Waals surface area contributed by atoms with E-state index in [-0.39, 0.29) is 17.8 Å². The van der Waals surface area contributed by atoms with Crippen LogP contribution in [-0.4, -0.2) is 34.5 Å². The smallest absolute Gasteiger partial charge is 0.334 e. The summed E-state index contributed by atoms with van der Waals surface area (Å²) in [7, 11) is 0. The van der Waals surface area contributed by atoms with E-state index in [1.165, 1.54) is 0 Å². The first-order valence-corrected chi connectivity index (χ1v) is 8.49.